The van der Waals surface area contributed by atoms with Crippen LogP contribution in [-0.4, -0.2) is 53.4 Å². The number of urea groups is 1. The van der Waals surface area contributed by atoms with Gasteiger partial charge in [0.1, 0.15) is 0 Å². The van der Waals surface area contributed by atoms with Crippen LogP contribution < -0.4 is 5.32 Å². The number of nitrogens with zero attached hydrogens (tertiary/aromatic N) is 1. The Morgan fingerprint density at radius 3 is 2.52 bits per heavy atom. The average Bonchev–Trinajstić information content (AvgIpc) is 2.46. The predicted octanol–water partition coefficient (Wildman–Crippen LogP) is 1.10. The van der Waals surface area contributed by atoms with Gasteiger partial charge in [-0.2, -0.15) is 0 Å². The van der Waals surface area contributed by atoms with Gasteiger partial charge in [0.05, 0.1) is 6.61 Å². The Kier molecular flexibility index (Phi) is 7.25. The Bertz CT molecular complexity index is 450. The van der Waals surface area contributed by atoms with E-state index in [0.717, 1.165) is 5.56 Å². The van der Waals surface area contributed by atoms with Crippen LogP contribution in [0.1, 0.15) is 18.4 Å². The molecule has 116 valence electrons. The monoisotopic (exact) mass is 294 g/mol. The second-order valence-electron chi connectivity index (χ2n) is 4.91. The number of aliphatic carboxylic acids is 1. The Balaban J connectivity index is 2.63. The summed E-state index contributed by atoms with van der Waals surface area (Å²) >= 11 is 0. The maximum Gasteiger partial charge on any atom is 0.317 e. The third-order valence-electron chi connectivity index (χ3n) is 3.14. The van der Waals surface area contributed by atoms with Crippen molar-refractivity contribution in [3.8, 4) is 0 Å². The summed E-state index contributed by atoms with van der Waals surface area (Å²) in [6.07, 6.45) is 0.942. The van der Waals surface area contributed by atoms with Crippen LogP contribution >= 0.6 is 0 Å². The molecule has 2 amide bonds. The maximum atomic E-state index is 11.9. The van der Waals surface area contributed by atoms with Crippen LogP contribution in [0.5, 0.6) is 0 Å². The third-order valence-corrected chi connectivity index (χ3v) is 3.14. The first-order valence-electron chi connectivity index (χ1n) is 6.91. The fourth-order valence-electron chi connectivity index (χ4n) is 1.96. The molecule has 1 rings (SSSR count). The van der Waals surface area contributed by atoms with E-state index in [-0.39, 0.29) is 31.6 Å². The minimum Gasteiger partial charge on any atom is -0.481 e. The topological polar surface area (TPSA) is 89.9 Å². The zero-order valence-electron chi connectivity index (χ0n) is 12.2. The molecule has 1 unspecified atom stereocenters. The first-order chi connectivity index (χ1) is 10.0. The molecule has 6 heteroatoms. The van der Waals surface area contributed by atoms with Crippen molar-refractivity contribution in [3.63, 3.8) is 0 Å². The molecule has 0 bridgehead atoms. The maximum absolute atomic E-state index is 11.9. The van der Waals surface area contributed by atoms with Gasteiger partial charge in [0, 0.05) is 26.1 Å². The molecule has 0 radical (unpaired) electrons. The van der Waals surface area contributed by atoms with Gasteiger partial charge in [0.15, 0.2) is 0 Å². The molecule has 0 aliphatic rings. The highest BCUT2D eigenvalue weighted by Crippen LogP contribution is 2.08. The molecule has 0 saturated heterocycles. The fourth-order valence-corrected chi connectivity index (χ4v) is 1.96. The summed E-state index contributed by atoms with van der Waals surface area (Å²) in [6, 6.07) is 9.04. The van der Waals surface area contributed by atoms with Crippen molar-refractivity contribution in [2.45, 2.75) is 25.3 Å². The number of aliphatic hydroxyl groups is 1. The molecular weight excluding hydrogens is 272 g/mol. The van der Waals surface area contributed by atoms with Crippen molar-refractivity contribution < 1.29 is 19.8 Å². The van der Waals surface area contributed by atoms with Crippen LogP contribution in [0.15, 0.2) is 30.3 Å². The molecule has 1 atom stereocenters. The lowest BCUT2D eigenvalue weighted by molar-refractivity contribution is -0.137. The van der Waals surface area contributed by atoms with Gasteiger partial charge in [0.25, 0.3) is 0 Å². The Labute approximate surface area is 124 Å². The molecule has 1 aromatic carbocycles. The second kappa shape index (κ2) is 8.97. The lowest BCUT2D eigenvalue weighted by Crippen LogP contribution is -2.45. The van der Waals surface area contributed by atoms with Crippen LogP contribution in [0, 0.1) is 0 Å². The van der Waals surface area contributed by atoms with E-state index in [0.29, 0.717) is 12.8 Å². The summed E-state index contributed by atoms with van der Waals surface area (Å²) in [5.74, 6) is -0.883. The predicted molar refractivity (Wildman–Crippen MR) is 79.1 cm³/mol. The Morgan fingerprint density at radius 2 is 1.95 bits per heavy atom. The SMILES string of the molecule is CN(CCO)C(=O)NC(CCC(=O)O)Cc1ccccc1. The van der Waals surface area contributed by atoms with Crippen molar-refractivity contribution in [1.82, 2.24) is 10.2 Å². The highest BCUT2D eigenvalue weighted by Gasteiger charge is 2.16. The summed E-state index contributed by atoms with van der Waals surface area (Å²) in [6.45, 7) is 0.130. The summed E-state index contributed by atoms with van der Waals surface area (Å²) in [5.41, 5.74) is 1.04. The second-order valence-corrected chi connectivity index (χ2v) is 4.91. The number of carboxylic acid groups (broad SMARTS) is 1. The quantitative estimate of drug-likeness (QED) is 0.669. The van der Waals surface area contributed by atoms with E-state index < -0.39 is 5.97 Å². The molecule has 21 heavy (non-hydrogen) atoms. The van der Waals surface area contributed by atoms with Crippen LogP contribution in [0.3, 0.4) is 0 Å². The van der Waals surface area contributed by atoms with E-state index in [1.165, 1.54) is 4.90 Å². The molecule has 0 spiro atoms. The highest BCUT2D eigenvalue weighted by atomic mass is 16.4. The minimum absolute atomic E-state index is 0.00148. The number of aliphatic hydroxyl groups excluding tert-OH is 1. The van der Waals surface area contributed by atoms with Crippen LogP contribution in [-0.2, 0) is 11.2 Å². The molecule has 0 aliphatic carbocycles. The number of carbonyl (C=O) groups is 2. The van der Waals surface area contributed by atoms with Crippen LogP contribution in [0.4, 0.5) is 4.79 Å². The number of carboxylic acids is 1. The molecule has 1 aromatic rings. The number of nitrogens with one attached hydrogen (secondary N) is 1. The zero-order chi connectivity index (χ0) is 15.7. The number of hydrogen-bond acceptors (Lipinski definition) is 3. The molecule has 0 aliphatic heterocycles. The Morgan fingerprint density at radius 1 is 1.29 bits per heavy atom. The highest BCUT2D eigenvalue weighted by molar-refractivity contribution is 5.74. The molecule has 0 aromatic heterocycles. The van der Waals surface area contributed by atoms with Gasteiger partial charge in [-0.05, 0) is 18.4 Å². The molecular formula is C15H22N2O4. The van der Waals surface area contributed by atoms with Crippen molar-refractivity contribution >= 4 is 12.0 Å². The van der Waals surface area contributed by atoms with Gasteiger partial charge in [0.2, 0.25) is 0 Å². The number of rotatable bonds is 8. The average molecular weight is 294 g/mol. The summed E-state index contributed by atoms with van der Waals surface area (Å²) in [5, 5.41) is 20.4. The van der Waals surface area contributed by atoms with Gasteiger partial charge < -0.3 is 20.4 Å². The summed E-state index contributed by atoms with van der Waals surface area (Å²) in [7, 11) is 1.59. The van der Waals surface area contributed by atoms with Gasteiger partial charge in [-0.25, -0.2) is 4.79 Å². The minimum atomic E-state index is -0.883. The molecule has 0 fully saturated rings. The van der Waals surface area contributed by atoms with E-state index in [9.17, 15) is 9.59 Å². The van der Waals surface area contributed by atoms with E-state index >= 15 is 0 Å². The van der Waals surface area contributed by atoms with E-state index in [4.69, 9.17) is 10.2 Å². The van der Waals surface area contributed by atoms with Gasteiger partial charge in [-0.1, -0.05) is 30.3 Å². The fraction of sp³-hybridized carbons (Fsp3) is 0.467. The molecule has 0 heterocycles. The first-order valence-corrected chi connectivity index (χ1v) is 6.91. The largest absolute Gasteiger partial charge is 0.481 e. The molecule has 0 saturated carbocycles. The van der Waals surface area contributed by atoms with Gasteiger partial charge in [-0.15, -0.1) is 0 Å². The third kappa shape index (κ3) is 6.76. The van der Waals surface area contributed by atoms with Crippen molar-refractivity contribution in [3.05, 3.63) is 35.9 Å². The number of amides is 2. The van der Waals surface area contributed by atoms with Crippen molar-refractivity contribution in [2.24, 2.45) is 0 Å². The van der Waals surface area contributed by atoms with E-state index in [1.54, 1.807) is 7.05 Å². The van der Waals surface area contributed by atoms with E-state index in [1.807, 2.05) is 30.3 Å². The first kappa shape index (κ1) is 17.0. The van der Waals surface area contributed by atoms with E-state index in [2.05, 4.69) is 5.32 Å². The Hall–Kier alpha value is -2.08. The standard InChI is InChI=1S/C15H22N2O4/c1-17(9-10-18)15(21)16-13(7-8-14(19)20)11-12-5-3-2-4-6-12/h2-6,13,18H,7-11H2,1H3,(H,16,21)(H,19,20). The summed E-state index contributed by atoms with van der Waals surface area (Å²) < 4.78 is 0. The lowest BCUT2D eigenvalue weighted by atomic mass is 10.0. The van der Waals surface area contributed by atoms with Crippen LogP contribution in [0.25, 0.3) is 0 Å². The molecule has 6 nitrogen and oxygen atoms in total. The van der Waals surface area contributed by atoms with Crippen LogP contribution in [0.2, 0.25) is 0 Å². The number of benzene rings is 1. The summed E-state index contributed by atoms with van der Waals surface area (Å²) in [4.78, 5) is 24.0. The van der Waals surface area contributed by atoms with Gasteiger partial charge in [-0.3, -0.25) is 4.79 Å². The zero-order valence-corrected chi connectivity index (χ0v) is 12.2. The number of likely N-dealkylation sites (N-methyl/N-ethyl adjacent to an activating group) is 1. The smallest absolute Gasteiger partial charge is 0.317 e. The lowest BCUT2D eigenvalue weighted by Gasteiger charge is -2.23. The normalized spacial score (nSPS) is 11.7. The molecule has 3 N–H and O–H groups in total. The van der Waals surface area contributed by atoms with Crippen molar-refractivity contribution in [2.75, 3.05) is 20.2 Å². The van der Waals surface area contributed by atoms with Gasteiger partial charge >= 0.3 is 12.0 Å². The van der Waals surface area contributed by atoms with Crippen molar-refractivity contribution in [1.29, 1.82) is 0 Å². The number of hydrogen-bond donors (Lipinski definition) is 3. The number of carbonyl (C=O) groups excluding carboxylic acids is 1.